The third kappa shape index (κ3) is 3.11. The molecule has 0 amide bonds. The Kier molecular flexibility index (Phi) is 4.62. The molecule has 0 radical (unpaired) electrons. The van der Waals surface area contributed by atoms with Gasteiger partial charge in [-0.3, -0.25) is 0 Å². The van der Waals surface area contributed by atoms with Gasteiger partial charge in [-0.25, -0.2) is 10.0 Å². The Balaban J connectivity index is 1.98. The van der Waals surface area contributed by atoms with Gasteiger partial charge in [-0.15, -0.1) is 0 Å². The fourth-order valence-corrected chi connectivity index (χ4v) is 1.80. The van der Waals surface area contributed by atoms with E-state index in [1.165, 1.54) is 51.7 Å². The van der Waals surface area contributed by atoms with Gasteiger partial charge in [-0.05, 0) is 12.8 Å². The van der Waals surface area contributed by atoms with E-state index in [9.17, 15) is 0 Å². The molecule has 1 rings (SSSR count). The lowest BCUT2D eigenvalue weighted by Crippen LogP contribution is -2.33. The molecule has 0 saturated carbocycles. The number of hydrazine groups is 1. The van der Waals surface area contributed by atoms with Gasteiger partial charge in [-0.2, -0.15) is 0 Å². The molecule has 0 bridgehead atoms. The quantitative estimate of drug-likeness (QED) is 0.583. The van der Waals surface area contributed by atoms with Gasteiger partial charge in [0.15, 0.2) is 0 Å². The van der Waals surface area contributed by atoms with E-state index in [1.807, 2.05) is 0 Å². The molecular formula is C10H22N2. The lowest BCUT2D eigenvalue weighted by molar-refractivity contribution is 0.0543. The van der Waals surface area contributed by atoms with Crippen LogP contribution in [0, 0.1) is 0 Å². The van der Waals surface area contributed by atoms with Crippen molar-refractivity contribution >= 4 is 0 Å². The van der Waals surface area contributed by atoms with E-state index in [1.54, 1.807) is 0 Å². The van der Waals surface area contributed by atoms with E-state index < -0.39 is 0 Å². The van der Waals surface area contributed by atoms with E-state index in [0.717, 1.165) is 0 Å². The van der Waals surface area contributed by atoms with Gasteiger partial charge in [0, 0.05) is 26.7 Å². The molecule has 2 nitrogen and oxygen atoms in total. The Morgan fingerprint density at radius 3 is 2.50 bits per heavy atom. The molecule has 1 saturated heterocycles. The summed E-state index contributed by atoms with van der Waals surface area (Å²) in [4.78, 5) is 0. The second kappa shape index (κ2) is 5.55. The zero-order valence-corrected chi connectivity index (χ0v) is 8.55. The first kappa shape index (κ1) is 10.0. The zero-order chi connectivity index (χ0) is 8.81. The predicted octanol–water partition coefficient (Wildman–Crippen LogP) is 2.12. The molecule has 0 spiro atoms. The Hall–Kier alpha value is -0.0800. The standard InChI is InChI=1S/C10H22N2/c1-3-4-5-6-9-12-10-7-8-11(12)2/h3-10H2,1-2H3. The molecule has 0 aromatic carbocycles. The second-order valence-electron chi connectivity index (χ2n) is 3.75. The summed E-state index contributed by atoms with van der Waals surface area (Å²) in [5.41, 5.74) is 0. The lowest BCUT2D eigenvalue weighted by Gasteiger charge is -2.23. The number of hydrogen-bond donors (Lipinski definition) is 0. The van der Waals surface area contributed by atoms with Crippen LogP contribution in [-0.4, -0.2) is 36.7 Å². The van der Waals surface area contributed by atoms with Crippen molar-refractivity contribution in [1.29, 1.82) is 0 Å². The van der Waals surface area contributed by atoms with Crippen molar-refractivity contribution in [2.75, 3.05) is 26.7 Å². The summed E-state index contributed by atoms with van der Waals surface area (Å²) >= 11 is 0. The summed E-state index contributed by atoms with van der Waals surface area (Å²) in [6.07, 6.45) is 6.87. The van der Waals surface area contributed by atoms with Crippen molar-refractivity contribution < 1.29 is 0 Å². The molecule has 1 fully saturated rings. The van der Waals surface area contributed by atoms with Crippen LogP contribution < -0.4 is 0 Å². The molecule has 0 aromatic heterocycles. The van der Waals surface area contributed by atoms with Crippen LogP contribution in [0.1, 0.15) is 39.0 Å². The van der Waals surface area contributed by atoms with E-state index in [0.29, 0.717) is 0 Å². The molecule has 0 unspecified atom stereocenters. The molecule has 1 aliphatic heterocycles. The maximum Gasteiger partial charge on any atom is 0.0145 e. The number of unbranched alkanes of at least 4 members (excludes halogenated alkanes) is 3. The normalized spacial score (nSPS) is 20.5. The van der Waals surface area contributed by atoms with Crippen LogP contribution in [0.5, 0.6) is 0 Å². The Morgan fingerprint density at radius 1 is 1.08 bits per heavy atom. The van der Waals surface area contributed by atoms with Crippen molar-refractivity contribution in [2.45, 2.75) is 39.0 Å². The number of hydrogen-bond acceptors (Lipinski definition) is 2. The van der Waals surface area contributed by atoms with Crippen LogP contribution in [0.3, 0.4) is 0 Å². The largest absolute Gasteiger partial charge is 0.245 e. The lowest BCUT2D eigenvalue weighted by atomic mass is 10.2. The van der Waals surface area contributed by atoms with Gasteiger partial charge in [0.05, 0.1) is 0 Å². The summed E-state index contributed by atoms with van der Waals surface area (Å²) in [7, 11) is 2.20. The van der Waals surface area contributed by atoms with Crippen molar-refractivity contribution in [3.8, 4) is 0 Å². The minimum atomic E-state index is 1.26. The molecule has 0 N–H and O–H groups in total. The zero-order valence-electron chi connectivity index (χ0n) is 8.55. The smallest absolute Gasteiger partial charge is 0.0145 e. The van der Waals surface area contributed by atoms with Gasteiger partial charge in [0.1, 0.15) is 0 Å². The Bertz CT molecular complexity index is 114. The van der Waals surface area contributed by atoms with Crippen molar-refractivity contribution in [3.63, 3.8) is 0 Å². The molecule has 2 heteroatoms. The van der Waals surface area contributed by atoms with Crippen LogP contribution in [0.15, 0.2) is 0 Å². The highest BCUT2D eigenvalue weighted by molar-refractivity contribution is 4.63. The highest BCUT2D eigenvalue weighted by Crippen LogP contribution is 2.09. The monoisotopic (exact) mass is 170 g/mol. The summed E-state index contributed by atoms with van der Waals surface area (Å²) in [5.74, 6) is 0. The van der Waals surface area contributed by atoms with Crippen molar-refractivity contribution in [2.24, 2.45) is 0 Å². The first-order chi connectivity index (χ1) is 5.84. The summed E-state index contributed by atoms with van der Waals surface area (Å²) in [5, 5.41) is 4.85. The first-order valence-electron chi connectivity index (χ1n) is 5.30. The van der Waals surface area contributed by atoms with Crippen LogP contribution in [0.4, 0.5) is 0 Å². The van der Waals surface area contributed by atoms with E-state index in [2.05, 4.69) is 24.0 Å². The summed E-state index contributed by atoms with van der Waals surface area (Å²) < 4.78 is 0. The average Bonchev–Trinajstić information content (AvgIpc) is 2.46. The van der Waals surface area contributed by atoms with Crippen LogP contribution in [0.2, 0.25) is 0 Å². The third-order valence-electron chi connectivity index (χ3n) is 2.65. The molecule has 0 atom stereocenters. The van der Waals surface area contributed by atoms with Crippen molar-refractivity contribution in [1.82, 2.24) is 10.0 Å². The van der Waals surface area contributed by atoms with E-state index in [4.69, 9.17) is 0 Å². The third-order valence-corrected chi connectivity index (χ3v) is 2.65. The molecule has 72 valence electrons. The average molecular weight is 170 g/mol. The number of nitrogens with zero attached hydrogens (tertiary/aromatic N) is 2. The highest BCUT2D eigenvalue weighted by Gasteiger charge is 2.16. The summed E-state index contributed by atoms with van der Waals surface area (Å²) in [6.45, 7) is 6.08. The Labute approximate surface area is 76.5 Å². The van der Waals surface area contributed by atoms with Gasteiger partial charge in [0.2, 0.25) is 0 Å². The van der Waals surface area contributed by atoms with Gasteiger partial charge in [0.25, 0.3) is 0 Å². The fourth-order valence-electron chi connectivity index (χ4n) is 1.80. The highest BCUT2D eigenvalue weighted by atomic mass is 15.6. The molecule has 1 heterocycles. The topological polar surface area (TPSA) is 6.48 Å². The van der Waals surface area contributed by atoms with Crippen molar-refractivity contribution in [3.05, 3.63) is 0 Å². The van der Waals surface area contributed by atoms with Gasteiger partial charge >= 0.3 is 0 Å². The van der Waals surface area contributed by atoms with E-state index in [-0.39, 0.29) is 0 Å². The predicted molar refractivity (Wildman–Crippen MR) is 53.0 cm³/mol. The molecular weight excluding hydrogens is 148 g/mol. The number of rotatable bonds is 5. The minimum absolute atomic E-state index is 1.26. The molecule has 0 aromatic rings. The van der Waals surface area contributed by atoms with E-state index >= 15 is 0 Å². The van der Waals surface area contributed by atoms with Crippen LogP contribution in [-0.2, 0) is 0 Å². The second-order valence-corrected chi connectivity index (χ2v) is 3.75. The van der Waals surface area contributed by atoms with Gasteiger partial charge < -0.3 is 0 Å². The minimum Gasteiger partial charge on any atom is -0.245 e. The van der Waals surface area contributed by atoms with Gasteiger partial charge in [-0.1, -0.05) is 26.2 Å². The SMILES string of the molecule is CCCCCCN1CCCN1C. The van der Waals surface area contributed by atoms with Crippen LogP contribution >= 0.6 is 0 Å². The molecule has 12 heavy (non-hydrogen) atoms. The maximum atomic E-state index is 2.48. The maximum absolute atomic E-state index is 2.48. The Morgan fingerprint density at radius 2 is 1.92 bits per heavy atom. The molecule has 1 aliphatic rings. The fraction of sp³-hybridized carbons (Fsp3) is 1.00. The van der Waals surface area contributed by atoms with Crippen LogP contribution in [0.25, 0.3) is 0 Å². The first-order valence-corrected chi connectivity index (χ1v) is 5.30. The summed E-state index contributed by atoms with van der Waals surface area (Å²) in [6, 6.07) is 0. The molecule has 0 aliphatic carbocycles.